The van der Waals surface area contributed by atoms with Crippen LogP contribution in [0.5, 0.6) is 0 Å². The van der Waals surface area contributed by atoms with Gasteiger partial charge in [0.2, 0.25) is 0 Å². The van der Waals surface area contributed by atoms with Crippen LogP contribution in [0.1, 0.15) is 46.5 Å². The zero-order chi connectivity index (χ0) is 13.7. The van der Waals surface area contributed by atoms with Gasteiger partial charge in [0.1, 0.15) is 5.60 Å². The highest BCUT2D eigenvalue weighted by Crippen LogP contribution is 2.62. The van der Waals surface area contributed by atoms with Crippen molar-refractivity contribution in [2.24, 2.45) is 16.7 Å². The molecule has 1 aliphatic heterocycles. The second-order valence-corrected chi connectivity index (χ2v) is 7.92. The van der Waals surface area contributed by atoms with E-state index in [0.717, 1.165) is 32.1 Å². The molecule has 0 spiro atoms. The second-order valence-electron chi connectivity index (χ2n) is 7.92. The molecule has 2 unspecified atom stereocenters. The fourth-order valence-electron chi connectivity index (χ4n) is 5.06. The number of nitrogens with one attached hydrogen (secondary N) is 1. The number of hydrogen-bond donors (Lipinski definition) is 1. The van der Waals surface area contributed by atoms with E-state index in [-0.39, 0.29) is 5.60 Å². The fraction of sp³-hybridized carbons (Fsp3) is 1.00. The predicted molar refractivity (Wildman–Crippen MR) is 76.2 cm³/mol. The molecular formula is C16H29NO2. The van der Waals surface area contributed by atoms with Crippen LogP contribution in [0.3, 0.4) is 0 Å². The lowest BCUT2D eigenvalue weighted by Gasteiger charge is -2.44. The first-order valence-electron chi connectivity index (χ1n) is 7.78. The summed E-state index contributed by atoms with van der Waals surface area (Å²) < 4.78 is 11.3. The molecule has 110 valence electrons. The molecule has 19 heavy (non-hydrogen) atoms. The van der Waals surface area contributed by atoms with Gasteiger partial charge in [-0.05, 0) is 36.0 Å². The Hall–Kier alpha value is -0.120. The van der Waals surface area contributed by atoms with E-state index >= 15 is 0 Å². The van der Waals surface area contributed by atoms with Crippen LogP contribution in [-0.2, 0) is 9.47 Å². The van der Waals surface area contributed by atoms with E-state index in [1.54, 1.807) is 0 Å². The molecular weight excluding hydrogens is 238 g/mol. The van der Waals surface area contributed by atoms with Crippen LogP contribution in [0.25, 0.3) is 0 Å². The van der Waals surface area contributed by atoms with Crippen molar-refractivity contribution in [3.8, 4) is 0 Å². The van der Waals surface area contributed by atoms with Crippen LogP contribution in [0.2, 0.25) is 0 Å². The van der Waals surface area contributed by atoms with E-state index in [2.05, 4.69) is 26.1 Å². The molecule has 1 saturated heterocycles. The highest BCUT2D eigenvalue weighted by Gasteiger charge is 2.59. The summed E-state index contributed by atoms with van der Waals surface area (Å²) in [6.07, 6.45) is 5.22. The van der Waals surface area contributed by atoms with E-state index in [4.69, 9.17) is 9.47 Å². The number of rotatable bonds is 4. The molecule has 3 heteroatoms. The van der Waals surface area contributed by atoms with Gasteiger partial charge in [0.25, 0.3) is 0 Å². The van der Waals surface area contributed by atoms with Gasteiger partial charge in [-0.2, -0.15) is 0 Å². The minimum Gasteiger partial charge on any atom is -0.378 e. The quantitative estimate of drug-likeness (QED) is 0.849. The molecule has 0 aromatic heterocycles. The average Bonchev–Trinajstić information content (AvgIpc) is 3.00. The molecule has 2 bridgehead atoms. The Morgan fingerprint density at radius 3 is 2.58 bits per heavy atom. The van der Waals surface area contributed by atoms with Gasteiger partial charge in [-0.15, -0.1) is 0 Å². The van der Waals surface area contributed by atoms with Crippen molar-refractivity contribution in [2.45, 2.75) is 58.1 Å². The van der Waals surface area contributed by atoms with Gasteiger partial charge in [-0.3, -0.25) is 0 Å². The molecule has 3 nitrogen and oxygen atoms in total. The maximum absolute atomic E-state index is 5.75. The van der Waals surface area contributed by atoms with Crippen LogP contribution in [0, 0.1) is 16.7 Å². The molecule has 3 aliphatic rings. The largest absolute Gasteiger partial charge is 0.378 e. The van der Waals surface area contributed by atoms with Gasteiger partial charge in [-0.1, -0.05) is 20.8 Å². The highest BCUT2D eigenvalue weighted by molar-refractivity contribution is 5.12. The number of ether oxygens (including phenoxy) is 2. The van der Waals surface area contributed by atoms with E-state index < -0.39 is 0 Å². The van der Waals surface area contributed by atoms with Crippen LogP contribution in [-0.4, -0.2) is 38.5 Å². The van der Waals surface area contributed by atoms with Crippen molar-refractivity contribution in [3.63, 3.8) is 0 Å². The van der Waals surface area contributed by atoms with Gasteiger partial charge < -0.3 is 14.8 Å². The van der Waals surface area contributed by atoms with Crippen molar-refractivity contribution >= 4 is 0 Å². The summed E-state index contributed by atoms with van der Waals surface area (Å²) in [6.45, 7) is 9.88. The molecule has 0 amide bonds. The molecule has 0 aromatic carbocycles. The van der Waals surface area contributed by atoms with Gasteiger partial charge in [-0.25, -0.2) is 0 Å². The molecule has 0 radical (unpaired) electrons. The lowest BCUT2D eigenvalue weighted by atomic mass is 9.68. The van der Waals surface area contributed by atoms with E-state index in [9.17, 15) is 0 Å². The Labute approximate surface area is 117 Å². The van der Waals surface area contributed by atoms with Crippen LogP contribution >= 0.6 is 0 Å². The standard InChI is InChI=1S/C16H29NO2/c1-14(2)12-5-6-15(3,9-12)13(14)17-10-16(18-4)7-8-19-11-16/h12-13,17H,5-11H2,1-4H3/t12-,13?,15+,16?/m0/s1. The van der Waals surface area contributed by atoms with E-state index in [0.29, 0.717) is 16.9 Å². The zero-order valence-corrected chi connectivity index (χ0v) is 12.9. The molecule has 4 atom stereocenters. The minimum atomic E-state index is -0.0890. The van der Waals surface area contributed by atoms with Crippen LogP contribution < -0.4 is 5.32 Å². The zero-order valence-electron chi connectivity index (χ0n) is 12.9. The summed E-state index contributed by atoms with van der Waals surface area (Å²) in [4.78, 5) is 0. The third-order valence-electron chi connectivity index (χ3n) is 6.40. The molecule has 1 N–H and O–H groups in total. The summed E-state index contributed by atoms with van der Waals surface area (Å²) >= 11 is 0. The normalized spacial score (nSPS) is 48.0. The summed E-state index contributed by atoms with van der Waals surface area (Å²) in [7, 11) is 1.82. The topological polar surface area (TPSA) is 30.5 Å². The van der Waals surface area contributed by atoms with Gasteiger partial charge in [0.15, 0.2) is 0 Å². The van der Waals surface area contributed by atoms with Crippen molar-refractivity contribution in [3.05, 3.63) is 0 Å². The van der Waals surface area contributed by atoms with Gasteiger partial charge in [0.05, 0.1) is 6.61 Å². The lowest BCUT2D eigenvalue weighted by Crippen LogP contribution is -2.55. The first-order chi connectivity index (χ1) is 8.92. The molecule has 2 saturated carbocycles. The molecule has 2 aliphatic carbocycles. The smallest absolute Gasteiger partial charge is 0.106 e. The third kappa shape index (κ3) is 2.05. The van der Waals surface area contributed by atoms with Crippen LogP contribution in [0.4, 0.5) is 0 Å². The average molecular weight is 267 g/mol. The van der Waals surface area contributed by atoms with Gasteiger partial charge >= 0.3 is 0 Å². The fourth-order valence-corrected chi connectivity index (χ4v) is 5.06. The van der Waals surface area contributed by atoms with Crippen molar-refractivity contribution in [1.29, 1.82) is 0 Å². The monoisotopic (exact) mass is 267 g/mol. The molecule has 3 rings (SSSR count). The Kier molecular flexibility index (Phi) is 3.23. The maximum Gasteiger partial charge on any atom is 0.106 e. The summed E-state index contributed by atoms with van der Waals surface area (Å²) in [5.41, 5.74) is 0.818. The Balaban J connectivity index is 1.69. The second kappa shape index (κ2) is 4.44. The van der Waals surface area contributed by atoms with Crippen molar-refractivity contribution in [2.75, 3.05) is 26.9 Å². The highest BCUT2D eigenvalue weighted by atomic mass is 16.5. The summed E-state index contributed by atoms with van der Waals surface area (Å²) in [5, 5.41) is 3.87. The Morgan fingerprint density at radius 2 is 2.05 bits per heavy atom. The number of methoxy groups -OCH3 is 1. The molecule has 0 aromatic rings. The number of hydrogen-bond acceptors (Lipinski definition) is 3. The maximum atomic E-state index is 5.75. The van der Waals surface area contributed by atoms with E-state index in [1.165, 1.54) is 19.3 Å². The predicted octanol–water partition coefficient (Wildman–Crippen LogP) is 2.60. The third-order valence-corrected chi connectivity index (χ3v) is 6.40. The minimum absolute atomic E-state index is 0.0890. The SMILES string of the molecule is COC1(CNC2C(C)(C)[C@H]3CC[C@]2(C)C3)CCOC1. The molecule has 3 fully saturated rings. The lowest BCUT2D eigenvalue weighted by molar-refractivity contribution is -0.0257. The van der Waals surface area contributed by atoms with Crippen LogP contribution in [0.15, 0.2) is 0 Å². The van der Waals surface area contributed by atoms with E-state index in [1.807, 2.05) is 7.11 Å². The van der Waals surface area contributed by atoms with Crippen molar-refractivity contribution in [1.82, 2.24) is 5.32 Å². The summed E-state index contributed by atoms with van der Waals surface area (Å²) in [6, 6.07) is 0.617. The summed E-state index contributed by atoms with van der Waals surface area (Å²) in [5.74, 6) is 0.897. The Bertz CT molecular complexity index is 344. The first-order valence-corrected chi connectivity index (χ1v) is 7.78. The molecule has 1 heterocycles. The first kappa shape index (κ1) is 13.8. The van der Waals surface area contributed by atoms with Crippen molar-refractivity contribution < 1.29 is 9.47 Å². The Morgan fingerprint density at radius 1 is 1.26 bits per heavy atom. The number of fused-ring (bicyclic) bond motifs is 2. The van der Waals surface area contributed by atoms with Gasteiger partial charge in [0, 0.05) is 32.7 Å².